The number of alkyl halides is 4. The molecule has 0 aliphatic heterocycles. The third kappa shape index (κ3) is 10.2. The number of hydrogen-bond donors (Lipinski definition) is 1. The maximum Gasteiger partial charge on any atom is 0.281 e. The van der Waals surface area contributed by atoms with Crippen molar-refractivity contribution in [1.29, 1.82) is 0 Å². The van der Waals surface area contributed by atoms with E-state index in [-0.39, 0.29) is 28.9 Å². The largest absolute Gasteiger partial charge is 0.472 e. The molecular formula is C47H36Br2F4N10O4. The maximum atomic E-state index is 13.7. The fourth-order valence-electron chi connectivity index (χ4n) is 7.04. The van der Waals surface area contributed by atoms with E-state index >= 15 is 0 Å². The number of aryl methyl sites for hydroxylation is 2. The van der Waals surface area contributed by atoms with Crippen LogP contribution in [-0.4, -0.2) is 68.5 Å². The zero-order chi connectivity index (χ0) is 47.5. The third-order valence-electron chi connectivity index (χ3n) is 10.1. The predicted octanol–water partition coefficient (Wildman–Crippen LogP) is 9.79. The Bertz CT molecular complexity index is 3610. The van der Waals surface area contributed by atoms with Gasteiger partial charge >= 0.3 is 0 Å². The minimum Gasteiger partial charge on any atom is -0.472 e. The summed E-state index contributed by atoms with van der Waals surface area (Å²) in [7, 11) is 3.67. The van der Waals surface area contributed by atoms with Crippen LogP contribution in [0.1, 0.15) is 13.3 Å². The number of nitrogens with one attached hydrogen (secondary N) is 1. The fourth-order valence-corrected chi connectivity index (χ4v) is 7.57. The smallest absolute Gasteiger partial charge is 0.281 e. The van der Waals surface area contributed by atoms with Crippen LogP contribution in [-0.2, 0) is 14.1 Å². The Morgan fingerprint density at radius 3 is 1.60 bits per heavy atom. The molecule has 340 valence electrons. The fraction of sp³-hybridized carbons (Fsp3) is 0.149. The molecule has 6 heterocycles. The van der Waals surface area contributed by atoms with E-state index in [1.54, 1.807) is 39.7 Å². The van der Waals surface area contributed by atoms with Gasteiger partial charge in [-0.15, -0.1) is 0 Å². The van der Waals surface area contributed by atoms with E-state index in [1.807, 2.05) is 93.2 Å². The minimum atomic E-state index is -2.64. The molecule has 0 saturated carbocycles. The first kappa shape index (κ1) is 46.2. The van der Waals surface area contributed by atoms with Gasteiger partial charge in [0.05, 0.1) is 39.1 Å². The molecule has 10 aromatic rings. The molecule has 0 aliphatic rings. The van der Waals surface area contributed by atoms with Crippen LogP contribution in [0.25, 0.3) is 77.5 Å². The van der Waals surface area contributed by atoms with Gasteiger partial charge in [0, 0.05) is 64.8 Å². The van der Waals surface area contributed by atoms with Crippen LogP contribution in [0.15, 0.2) is 145 Å². The minimum absolute atomic E-state index is 0.00288. The average molecular weight is 1040 g/mol. The molecule has 1 N–H and O–H groups in total. The molecule has 4 aromatic carbocycles. The molecule has 14 nitrogen and oxygen atoms in total. The second-order valence-electron chi connectivity index (χ2n) is 14.9. The summed E-state index contributed by atoms with van der Waals surface area (Å²) < 4.78 is 59.7. The molecule has 10 rings (SSSR count). The van der Waals surface area contributed by atoms with Gasteiger partial charge in [-0.1, -0.05) is 63.0 Å². The van der Waals surface area contributed by atoms with Crippen molar-refractivity contribution in [1.82, 2.24) is 49.1 Å². The number of pyridine rings is 2. The Kier molecular flexibility index (Phi) is 13.6. The van der Waals surface area contributed by atoms with Crippen LogP contribution >= 0.6 is 31.9 Å². The lowest BCUT2D eigenvalue weighted by molar-refractivity contribution is 0.0797. The van der Waals surface area contributed by atoms with Crippen LogP contribution < -0.4 is 21.4 Å². The van der Waals surface area contributed by atoms with Crippen molar-refractivity contribution < 1.29 is 22.3 Å². The number of nitrogens with zero attached hydrogens (tertiary/aromatic N) is 9. The molecule has 0 amide bonds. The molecule has 0 saturated heterocycles. The summed E-state index contributed by atoms with van der Waals surface area (Å²) >= 11 is 6.81. The molecule has 20 heteroatoms. The predicted molar refractivity (Wildman–Crippen MR) is 256 cm³/mol. The summed E-state index contributed by atoms with van der Waals surface area (Å²) in [6.45, 7) is 0.659. The molecule has 0 atom stereocenters. The van der Waals surface area contributed by atoms with Gasteiger partial charge in [-0.05, 0) is 83.9 Å². The maximum absolute atomic E-state index is 13.7. The molecule has 0 unspecified atom stereocenters. The topological polar surface area (TPSA) is 160 Å². The normalized spacial score (nSPS) is 11.3. The Balaban J connectivity index is 0.000000166. The van der Waals surface area contributed by atoms with Gasteiger partial charge in [0.15, 0.2) is 6.61 Å². The lowest BCUT2D eigenvalue weighted by Crippen LogP contribution is -2.24. The van der Waals surface area contributed by atoms with E-state index in [2.05, 4.69) is 62.2 Å². The molecule has 0 aliphatic carbocycles. The second-order valence-corrected chi connectivity index (χ2v) is 16.7. The van der Waals surface area contributed by atoms with Crippen molar-refractivity contribution in [2.24, 2.45) is 14.1 Å². The SMILES string of the molecule is CCC(F)F.Cn1cc2cc(-n3nc4ccc(=O)[nH]c4c(-c4ccc(Br)cc4)c3=O)ccc2n1.Cn1cc2cc(-n3nc4ccc(OCC(F)F)nc4c(-c4ccc(Br)cc4)c3=O)ccc2n1. The molecule has 0 spiro atoms. The third-order valence-corrected chi connectivity index (χ3v) is 11.1. The van der Waals surface area contributed by atoms with Crippen LogP contribution in [0.2, 0.25) is 0 Å². The number of ether oxygens (including phenoxy) is 1. The summed E-state index contributed by atoms with van der Waals surface area (Å²) in [5.41, 5.74) is 5.46. The highest BCUT2D eigenvalue weighted by Crippen LogP contribution is 2.29. The van der Waals surface area contributed by atoms with Gasteiger partial charge in [-0.2, -0.15) is 29.8 Å². The van der Waals surface area contributed by atoms with Gasteiger partial charge in [0.25, 0.3) is 17.5 Å². The van der Waals surface area contributed by atoms with E-state index in [4.69, 9.17) is 4.74 Å². The van der Waals surface area contributed by atoms with Crippen molar-refractivity contribution in [3.63, 3.8) is 0 Å². The van der Waals surface area contributed by atoms with E-state index < -0.39 is 25.0 Å². The zero-order valence-corrected chi connectivity index (χ0v) is 38.7. The molecule has 0 bridgehead atoms. The number of hydrogen-bond acceptors (Lipinski definition) is 9. The lowest BCUT2D eigenvalue weighted by Gasteiger charge is -2.12. The van der Waals surface area contributed by atoms with Crippen LogP contribution in [0.3, 0.4) is 0 Å². The van der Waals surface area contributed by atoms with Gasteiger partial charge in [0.2, 0.25) is 17.9 Å². The number of benzene rings is 4. The Morgan fingerprint density at radius 2 is 1.07 bits per heavy atom. The average Bonchev–Trinajstić information content (AvgIpc) is 3.88. The summed E-state index contributed by atoms with van der Waals surface area (Å²) in [6.07, 6.45) is -1.04. The number of aromatic nitrogens is 10. The first-order valence-corrected chi connectivity index (χ1v) is 21.9. The van der Waals surface area contributed by atoms with Crippen molar-refractivity contribution in [2.75, 3.05) is 6.61 Å². The zero-order valence-electron chi connectivity index (χ0n) is 35.5. The van der Waals surface area contributed by atoms with Crippen molar-refractivity contribution in [3.05, 3.63) is 162 Å². The highest BCUT2D eigenvalue weighted by Gasteiger charge is 2.19. The van der Waals surface area contributed by atoms with Gasteiger partial charge in [0.1, 0.15) is 16.6 Å². The molecule has 0 fully saturated rings. The quantitative estimate of drug-likeness (QED) is 0.146. The highest BCUT2D eigenvalue weighted by molar-refractivity contribution is 9.10. The second kappa shape index (κ2) is 19.6. The van der Waals surface area contributed by atoms with E-state index in [0.29, 0.717) is 50.2 Å². The number of rotatable bonds is 8. The summed E-state index contributed by atoms with van der Waals surface area (Å²) in [5, 5.41) is 19.5. The Labute approximate surface area is 393 Å². The van der Waals surface area contributed by atoms with E-state index in [0.717, 1.165) is 30.8 Å². The molecular weight excluding hydrogens is 1000 g/mol. The standard InChI is InChI=1S/C23H16BrF2N5O2.C21H14BrN5O2.C3H6F2/c1-30-11-14-10-16(6-7-17(14)28-30)31-23(32)21(13-2-4-15(24)5-3-13)22-18(29-31)8-9-20(27-22)33-12-19(25)26;1-26-11-13-10-15(6-7-16(13)24-26)27-21(29)19(12-2-4-14(22)5-3-12)20-17(25-27)8-9-18(28)23-20;1-2-3(4)5/h2-11,19H,12H2,1H3;2-11H,1H3,(H,23,28);3H,2H2,1H3. The number of halogens is 6. The van der Waals surface area contributed by atoms with Crippen molar-refractivity contribution in [3.8, 4) is 39.5 Å². The molecule has 67 heavy (non-hydrogen) atoms. The van der Waals surface area contributed by atoms with Gasteiger partial charge < -0.3 is 9.72 Å². The Morgan fingerprint density at radius 1 is 0.597 bits per heavy atom. The van der Waals surface area contributed by atoms with Crippen LogP contribution in [0.4, 0.5) is 17.6 Å². The van der Waals surface area contributed by atoms with E-state index in [1.165, 1.54) is 28.4 Å². The summed E-state index contributed by atoms with van der Waals surface area (Å²) in [4.78, 5) is 46.2. The molecule has 0 radical (unpaired) electrons. The Hall–Kier alpha value is -7.32. The first-order valence-electron chi connectivity index (χ1n) is 20.3. The van der Waals surface area contributed by atoms with Crippen LogP contribution in [0.5, 0.6) is 5.88 Å². The van der Waals surface area contributed by atoms with E-state index in [9.17, 15) is 31.9 Å². The number of fused-ring (bicyclic) bond motifs is 4. The van der Waals surface area contributed by atoms with Crippen molar-refractivity contribution in [2.45, 2.75) is 26.2 Å². The number of H-pyrrole nitrogens is 1. The lowest BCUT2D eigenvalue weighted by atomic mass is 10.1. The first-order chi connectivity index (χ1) is 32.1. The van der Waals surface area contributed by atoms with Crippen molar-refractivity contribution >= 4 is 75.7 Å². The van der Waals surface area contributed by atoms with Gasteiger partial charge in [-0.25, -0.2) is 22.5 Å². The van der Waals surface area contributed by atoms with Gasteiger partial charge in [-0.3, -0.25) is 23.7 Å². The van der Waals surface area contributed by atoms with Crippen LogP contribution in [0, 0.1) is 0 Å². The summed E-state index contributed by atoms with van der Waals surface area (Å²) in [5.74, 6) is -0.00288. The highest BCUT2D eigenvalue weighted by atomic mass is 79.9. The summed E-state index contributed by atoms with van der Waals surface area (Å²) in [6, 6.07) is 31.6. The molecule has 6 aromatic heterocycles. The monoisotopic (exact) mass is 1040 g/mol. The number of aromatic amines is 1.